The zero-order valence-corrected chi connectivity index (χ0v) is 21.4. The highest BCUT2D eigenvalue weighted by Gasteiger charge is 2.37. The third-order valence-electron chi connectivity index (χ3n) is 7.41. The molecule has 0 aromatic heterocycles. The van der Waals surface area contributed by atoms with Crippen molar-refractivity contribution < 1.29 is 19.1 Å². The highest BCUT2D eigenvalue weighted by Crippen LogP contribution is 2.31. The van der Waals surface area contributed by atoms with Crippen LogP contribution in [0.3, 0.4) is 0 Å². The molecule has 0 unspecified atom stereocenters. The summed E-state index contributed by atoms with van der Waals surface area (Å²) in [6.07, 6.45) is 5.58. The average molecular weight is 507 g/mol. The smallest absolute Gasteiger partial charge is 0.260 e. The van der Waals surface area contributed by atoms with E-state index in [0.29, 0.717) is 36.3 Å². The molecule has 0 radical (unpaired) electrons. The van der Waals surface area contributed by atoms with Crippen LogP contribution in [0.4, 0.5) is 0 Å². The number of carbonyl (C=O) groups is 2. The van der Waals surface area contributed by atoms with E-state index in [1.54, 1.807) is 24.3 Å². The first-order valence-electron chi connectivity index (χ1n) is 13.1. The number of nitrogens with zero attached hydrogens (tertiary/aromatic N) is 3. The Morgan fingerprint density at radius 1 is 1.03 bits per heavy atom. The van der Waals surface area contributed by atoms with Gasteiger partial charge in [0.2, 0.25) is 5.91 Å². The summed E-state index contributed by atoms with van der Waals surface area (Å²) in [5.41, 5.74) is 0. The van der Waals surface area contributed by atoms with Gasteiger partial charge in [0.15, 0.2) is 6.61 Å². The lowest BCUT2D eigenvalue weighted by Crippen LogP contribution is -2.58. The lowest BCUT2D eigenvalue weighted by Gasteiger charge is -2.40. The molecular weight excluding hydrogens is 468 g/mol. The normalized spacial score (nSPS) is 21.1. The number of carbonyl (C=O) groups excluding carboxylic acids is 2. The molecule has 2 aliphatic heterocycles. The van der Waals surface area contributed by atoms with Crippen LogP contribution in [0.5, 0.6) is 5.75 Å². The second-order valence-electron chi connectivity index (χ2n) is 9.75. The molecule has 1 aliphatic carbocycles. The average Bonchev–Trinajstić information content (AvgIpc) is 3.42. The van der Waals surface area contributed by atoms with E-state index in [2.05, 4.69) is 15.1 Å². The molecule has 1 aromatic carbocycles. The molecule has 1 N–H and O–H groups in total. The van der Waals surface area contributed by atoms with Crippen molar-refractivity contribution in [2.24, 2.45) is 5.92 Å². The maximum absolute atomic E-state index is 13.3. The summed E-state index contributed by atoms with van der Waals surface area (Å²) in [6, 6.07) is 6.93. The van der Waals surface area contributed by atoms with Gasteiger partial charge < -0.3 is 19.7 Å². The fraction of sp³-hybridized carbons (Fsp3) is 0.692. The van der Waals surface area contributed by atoms with Crippen LogP contribution < -0.4 is 10.1 Å². The molecule has 9 heteroatoms. The monoisotopic (exact) mass is 506 g/mol. The molecule has 1 aromatic rings. The van der Waals surface area contributed by atoms with Crippen molar-refractivity contribution in [2.45, 2.75) is 38.1 Å². The summed E-state index contributed by atoms with van der Waals surface area (Å²) in [4.78, 5) is 32.5. The number of hydrogen-bond acceptors (Lipinski definition) is 6. The topological polar surface area (TPSA) is 74.4 Å². The Labute approximate surface area is 213 Å². The van der Waals surface area contributed by atoms with Gasteiger partial charge in [-0.3, -0.25) is 19.4 Å². The first-order chi connectivity index (χ1) is 17.1. The van der Waals surface area contributed by atoms with Gasteiger partial charge in [-0.25, -0.2) is 0 Å². The van der Waals surface area contributed by atoms with E-state index in [0.717, 1.165) is 65.2 Å². The van der Waals surface area contributed by atoms with E-state index < -0.39 is 0 Å². The van der Waals surface area contributed by atoms with Gasteiger partial charge in [-0.05, 0) is 56.0 Å². The Morgan fingerprint density at radius 3 is 2.40 bits per heavy atom. The Hall–Kier alpha value is -1.87. The highest BCUT2D eigenvalue weighted by atomic mass is 35.5. The third-order valence-corrected chi connectivity index (χ3v) is 7.66. The van der Waals surface area contributed by atoms with E-state index >= 15 is 0 Å². The predicted molar refractivity (Wildman–Crippen MR) is 136 cm³/mol. The summed E-state index contributed by atoms with van der Waals surface area (Å²) >= 11 is 5.90. The van der Waals surface area contributed by atoms with Crippen LogP contribution in [-0.2, 0) is 14.3 Å². The Kier molecular flexibility index (Phi) is 10.1. The van der Waals surface area contributed by atoms with Crippen LogP contribution >= 0.6 is 11.6 Å². The number of hydrogen-bond donors (Lipinski definition) is 1. The Bertz CT molecular complexity index is 804. The van der Waals surface area contributed by atoms with Gasteiger partial charge in [-0.15, -0.1) is 0 Å². The van der Waals surface area contributed by atoms with Crippen molar-refractivity contribution in [1.82, 2.24) is 20.0 Å². The molecule has 0 spiro atoms. The van der Waals surface area contributed by atoms with Gasteiger partial charge in [0.05, 0.1) is 19.3 Å². The number of ether oxygens (including phenoxy) is 2. The lowest BCUT2D eigenvalue weighted by atomic mass is 9.95. The van der Waals surface area contributed by atoms with Crippen molar-refractivity contribution in [3.63, 3.8) is 0 Å². The van der Waals surface area contributed by atoms with Crippen molar-refractivity contribution in [1.29, 1.82) is 0 Å². The maximum atomic E-state index is 13.3. The third kappa shape index (κ3) is 7.81. The van der Waals surface area contributed by atoms with Crippen molar-refractivity contribution in [3.8, 4) is 5.75 Å². The fourth-order valence-corrected chi connectivity index (χ4v) is 5.54. The van der Waals surface area contributed by atoms with E-state index in [9.17, 15) is 9.59 Å². The highest BCUT2D eigenvalue weighted by molar-refractivity contribution is 6.30. The quantitative estimate of drug-likeness (QED) is 0.491. The minimum atomic E-state index is -0.0940. The van der Waals surface area contributed by atoms with Crippen LogP contribution in [0.2, 0.25) is 5.02 Å². The SMILES string of the molecule is O=C(NCCCN1CCOCC1)[C@@H](C1CCCC1)N1CCN(C(=O)COc2ccc(Cl)cc2)CC1. The molecule has 0 bridgehead atoms. The summed E-state index contributed by atoms with van der Waals surface area (Å²) in [6.45, 7) is 7.96. The van der Waals surface area contributed by atoms with Crippen molar-refractivity contribution in [3.05, 3.63) is 29.3 Å². The van der Waals surface area contributed by atoms with E-state index in [4.69, 9.17) is 21.1 Å². The minimum absolute atomic E-state index is 0.0112. The van der Waals surface area contributed by atoms with Crippen LogP contribution in [0.15, 0.2) is 24.3 Å². The second kappa shape index (κ2) is 13.4. The molecule has 3 fully saturated rings. The van der Waals surface area contributed by atoms with Gasteiger partial charge in [0, 0.05) is 50.8 Å². The summed E-state index contributed by atoms with van der Waals surface area (Å²) in [5, 5.41) is 3.86. The summed E-state index contributed by atoms with van der Waals surface area (Å²) in [7, 11) is 0. The number of benzene rings is 1. The zero-order valence-electron chi connectivity index (χ0n) is 20.6. The first-order valence-corrected chi connectivity index (χ1v) is 13.5. The number of nitrogens with one attached hydrogen (secondary N) is 1. The van der Waals surface area contributed by atoms with E-state index in [-0.39, 0.29) is 24.5 Å². The van der Waals surface area contributed by atoms with Crippen LogP contribution in [0.25, 0.3) is 0 Å². The molecule has 4 rings (SSSR count). The molecular formula is C26H39ClN4O4. The standard InChI is InChI=1S/C26H39ClN4O4/c27-22-6-8-23(9-7-22)35-20-24(32)30-12-14-31(15-13-30)25(21-4-1-2-5-21)26(33)28-10-3-11-29-16-18-34-19-17-29/h6-9,21,25H,1-5,10-20H2,(H,28,33)/t25-/m1/s1. The number of halogens is 1. The molecule has 2 amide bonds. The number of amides is 2. The Morgan fingerprint density at radius 2 is 1.71 bits per heavy atom. The summed E-state index contributed by atoms with van der Waals surface area (Å²) < 4.78 is 11.0. The molecule has 8 nitrogen and oxygen atoms in total. The fourth-order valence-electron chi connectivity index (χ4n) is 5.41. The van der Waals surface area contributed by atoms with Crippen molar-refractivity contribution in [2.75, 3.05) is 72.2 Å². The maximum Gasteiger partial charge on any atom is 0.260 e. The van der Waals surface area contributed by atoms with E-state index in [1.807, 2.05) is 4.90 Å². The molecule has 1 atom stereocenters. The lowest BCUT2D eigenvalue weighted by molar-refractivity contribution is -0.137. The molecule has 194 valence electrons. The molecule has 1 saturated carbocycles. The van der Waals surface area contributed by atoms with E-state index in [1.165, 1.54) is 12.8 Å². The van der Waals surface area contributed by atoms with Crippen LogP contribution in [0.1, 0.15) is 32.1 Å². The molecule has 2 heterocycles. The zero-order chi connectivity index (χ0) is 24.5. The minimum Gasteiger partial charge on any atom is -0.484 e. The van der Waals surface area contributed by atoms with Gasteiger partial charge in [0.1, 0.15) is 5.75 Å². The molecule has 3 aliphatic rings. The number of rotatable bonds is 10. The largest absolute Gasteiger partial charge is 0.484 e. The molecule has 35 heavy (non-hydrogen) atoms. The van der Waals surface area contributed by atoms with Crippen molar-refractivity contribution >= 4 is 23.4 Å². The number of piperazine rings is 1. The summed E-state index contributed by atoms with van der Waals surface area (Å²) in [5.74, 6) is 1.17. The van der Waals surface area contributed by atoms with Gasteiger partial charge in [-0.2, -0.15) is 0 Å². The van der Waals surface area contributed by atoms with Crippen LogP contribution in [-0.4, -0.2) is 105 Å². The number of morpholine rings is 1. The van der Waals surface area contributed by atoms with Gasteiger partial charge in [-0.1, -0.05) is 24.4 Å². The predicted octanol–water partition coefficient (Wildman–Crippen LogP) is 2.26. The van der Waals surface area contributed by atoms with Crippen LogP contribution in [0, 0.1) is 5.92 Å². The van der Waals surface area contributed by atoms with Gasteiger partial charge >= 0.3 is 0 Å². The second-order valence-corrected chi connectivity index (χ2v) is 10.2. The first kappa shape index (κ1) is 26.2. The Balaban J connectivity index is 1.22. The van der Waals surface area contributed by atoms with Gasteiger partial charge in [0.25, 0.3) is 5.91 Å². The molecule has 2 saturated heterocycles.